The lowest BCUT2D eigenvalue weighted by Crippen LogP contribution is -2.42. The summed E-state index contributed by atoms with van der Waals surface area (Å²) in [5.41, 5.74) is 4.90. The van der Waals surface area contributed by atoms with Gasteiger partial charge in [0.2, 0.25) is 0 Å². The van der Waals surface area contributed by atoms with Crippen LogP contribution in [0.5, 0.6) is 5.75 Å². The zero-order valence-corrected chi connectivity index (χ0v) is 19.5. The fraction of sp³-hybridized carbons (Fsp3) is 0.160. The molecule has 4 aromatic rings. The minimum atomic E-state index is -0.894. The highest BCUT2D eigenvalue weighted by Crippen LogP contribution is 2.29. The van der Waals surface area contributed by atoms with Crippen molar-refractivity contribution in [1.29, 1.82) is 0 Å². The summed E-state index contributed by atoms with van der Waals surface area (Å²) in [6.07, 6.45) is 3.07. The van der Waals surface area contributed by atoms with Gasteiger partial charge in [0.05, 0.1) is 12.9 Å². The highest BCUT2D eigenvalue weighted by atomic mass is 19.1. The maximum absolute atomic E-state index is 13.3. The topological polar surface area (TPSA) is 167 Å². The van der Waals surface area contributed by atoms with Crippen molar-refractivity contribution in [2.24, 2.45) is 0 Å². The maximum Gasteiger partial charge on any atom is 0.305 e. The molecule has 3 aromatic heterocycles. The number of carbonyl (C=O) groups is 3. The Morgan fingerprint density at radius 3 is 2.43 bits per heavy atom. The van der Waals surface area contributed by atoms with Crippen molar-refractivity contribution in [3.8, 4) is 5.75 Å². The van der Waals surface area contributed by atoms with E-state index in [1.165, 1.54) is 43.6 Å². The fourth-order valence-electron chi connectivity index (χ4n) is 3.46. The van der Waals surface area contributed by atoms with Crippen LogP contribution in [-0.2, 0) is 6.42 Å². The van der Waals surface area contributed by atoms with E-state index in [-0.39, 0.29) is 34.8 Å². The number of fused-ring (bicyclic) bond motifs is 1. The molecule has 1 aromatic carbocycles. The lowest BCUT2D eigenvalue weighted by molar-refractivity contribution is 0.0828. The van der Waals surface area contributed by atoms with Crippen molar-refractivity contribution < 1.29 is 33.4 Å². The Bertz CT molecular complexity index is 1460. The van der Waals surface area contributed by atoms with Gasteiger partial charge in [-0.05, 0) is 54.8 Å². The van der Waals surface area contributed by atoms with Crippen molar-refractivity contribution in [3.05, 3.63) is 89.0 Å². The van der Waals surface area contributed by atoms with Crippen LogP contribution in [0.2, 0.25) is 0 Å². The molecule has 0 bridgehead atoms. The molecular weight excluding hydrogens is 485 g/mol. The molecule has 0 spiro atoms. The molecule has 0 aliphatic rings. The summed E-state index contributed by atoms with van der Waals surface area (Å²) < 4.78 is 18.2. The number of hydrogen-bond donors (Lipinski definition) is 5. The van der Waals surface area contributed by atoms with Crippen molar-refractivity contribution in [2.45, 2.75) is 19.4 Å². The van der Waals surface area contributed by atoms with Gasteiger partial charge >= 0.3 is 5.91 Å². The van der Waals surface area contributed by atoms with Crippen molar-refractivity contribution in [3.63, 3.8) is 0 Å². The van der Waals surface area contributed by atoms with Crippen LogP contribution in [0.15, 0.2) is 59.3 Å². The Labute approximate surface area is 209 Å². The van der Waals surface area contributed by atoms with Crippen LogP contribution in [0.1, 0.15) is 49.6 Å². The van der Waals surface area contributed by atoms with Crippen LogP contribution in [0, 0.1) is 5.82 Å². The Hall–Kier alpha value is -4.84. The number of aromatic hydroxyl groups is 1. The predicted molar refractivity (Wildman–Crippen MR) is 128 cm³/mol. The molecule has 37 heavy (non-hydrogen) atoms. The average molecular weight is 507 g/mol. The Kier molecular flexibility index (Phi) is 7.39. The first-order valence-corrected chi connectivity index (χ1v) is 11.1. The lowest BCUT2D eigenvalue weighted by Gasteiger charge is -2.15. The number of carbonyl (C=O) groups excluding carboxylic acids is 3. The molecule has 0 aliphatic heterocycles. The third-order valence-electron chi connectivity index (χ3n) is 5.31. The summed E-state index contributed by atoms with van der Waals surface area (Å²) in [4.78, 5) is 46.2. The molecule has 5 N–H and O–H groups in total. The second-order valence-corrected chi connectivity index (χ2v) is 8.14. The van der Waals surface area contributed by atoms with E-state index < -0.39 is 35.2 Å². The Balaban J connectivity index is 1.72. The van der Waals surface area contributed by atoms with Crippen LogP contribution in [-0.4, -0.2) is 50.6 Å². The van der Waals surface area contributed by atoms with Gasteiger partial charge in [0.15, 0.2) is 17.2 Å². The molecule has 0 radical (unpaired) electrons. The molecule has 0 aliphatic carbocycles. The minimum Gasteiger partial charge on any atom is -0.504 e. The number of amides is 3. The number of pyridine rings is 2. The molecule has 1 unspecified atom stereocenters. The molecular formula is C25H22FN5O6. The van der Waals surface area contributed by atoms with Gasteiger partial charge in [-0.1, -0.05) is 12.1 Å². The average Bonchev–Trinajstić information content (AvgIpc) is 3.44. The molecule has 12 heteroatoms. The summed E-state index contributed by atoms with van der Waals surface area (Å²) in [5, 5.41) is 22.6. The van der Waals surface area contributed by atoms with Crippen molar-refractivity contribution in [1.82, 2.24) is 26.1 Å². The van der Waals surface area contributed by atoms with Crippen LogP contribution >= 0.6 is 0 Å². The van der Waals surface area contributed by atoms with Gasteiger partial charge in [-0.25, -0.2) is 9.37 Å². The number of rotatable bonds is 7. The van der Waals surface area contributed by atoms with Crippen LogP contribution in [0.25, 0.3) is 10.9 Å². The van der Waals surface area contributed by atoms with Gasteiger partial charge in [0.25, 0.3) is 11.8 Å². The van der Waals surface area contributed by atoms with Crippen LogP contribution in [0.4, 0.5) is 4.39 Å². The van der Waals surface area contributed by atoms with Gasteiger partial charge in [-0.2, -0.15) is 0 Å². The third-order valence-corrected chi connectivity index (χ3v) is 5.31. The summed E-state index contributed by atoms with van der Waals surface area (Å²) in [6.45, 7) is 1.17. The molecule has 190 valence electrons. The van der Waals surface area contributed by atoms with E-state index >= 15 is 0 Å². The van der Waals surface area contributed by atoms with Crippen LogP contribution in [0.3, 0.4) is 0 Å². The number of halogens is 1. The van der Waals surface area contributed by atoms with Gasteiger partial charge in [-0.15, -0.1) is 0 Å². The second kappa shape index (κ2) is 10.8. The largest absolute Gasteiger partial charge is 0.504 e. The van der Waals surface area contributed by atoms with E-state index in [9.17, 15) is 29.0 Å². The first-order valence-electron chi connectivity index (χ1n) is 11.1. The molecule has 0 saturated heterocycles. The Morgan fingerprint density at radius 1 is 1.03 bits per heavy atom. The lowest BCUT2D eigenvalue weighted by atomic mass is 10.0. The number of furan rings is 1. The fourth-order valence-corrected chi connectivity index (χ4v) is 3.46. The standard InChI is InChI=1S/C25H22FN5O6/c1-13(12-32)28-24(35)21-22(33)19-17(10-15(11-27-19)9-14-4-6-16(26)7-5-14)20(29-21)25(36)31-30-23(34)18-3-2-8-37-18/h2-8,10-11,13,32-33H,9,12H2,1H3,(H,28,35)(H,30,34)(H,31,36). The van der Waals surface area contributed by atoms with Crippen molar-refractivity contribution in [2.75, 3.05) is 6.61 Å². The third kappa shape index (κ3) is 5.70. The van der Waals surface area contributed by atoms with E-state index in [0.29, 0.717) is 12.0 Å². The van der Waals surface area contributed by atoms with Crippen LogP contribution < -0.4 is 16.2 Å². The van der Waals surface area contributed by atoms with Gasteiger partial charge in [-0.3, -0.25) is 30.2 Å². The van der Waals surface area contributed by atoms with E-state index in [0.717, 1.165) is 5.56 Å². The monoisotopic (exact) mass is 507 g/mol. The second-order valence-electron chi connectivity index (χ2n) is 8.14. The van der Waals surface area contributed by atoms with E-state index in [1.807, 2.05) is 0 Å². The normalized spacial score (nSPS) is 11.6. The van der Waals surface area contributed by atoms with E-state index in [2.05, 4.69) is 26.1 Å². The predicted octanol–water partition coefficient (Wildman–Crippen LogP) is 1.84. The molecule has 0 fully saturated rings. The summed E-state index contributed by atoms with van der Waals surface area (Å²) >= 11 is 0. The highest BCUT2D eigenvalue weighted by molar-refractivity contribution is 6.10. The van der Waals surface area contributed by atoms with Crippen molar-refractivity contribution >= 4 is 28.6 Å². The molecule has 3 heterocycles. The minimum absolute atomic E-state index is 0.0508. The highest BCUT2D eigenvalue weighted by Gasteiger charge is 2.25. The number of aliphatic hydroxyl groups excluding tert-OH is 1. The maximum atomic E-state index is 13.3. The Morgan fingerprint density at radius 2 is 1.76 bits per heavy atom. The summed E-state index contributed by atoms with van der Waals surface area (Å²) in [7, 11) is 0. The summed E-state index contributed by atoms with van der Waals surface area (Å²) in [6, 6.07) is 9.63. The zero-order valence-electron chi connectivity index (χ0n) is 19.5. The SMILES string of the molecule is CC(CO)NC(=O)c1nc(C(=O)NNC(=O)c2ccco2)c2cc(Cc3ccc(F)cc3)cnc2c1O. The number of nitrogens with one attached hydrogen (secondary N) is 3. The number of nitrogens with zero attached hydrogens (tertiary/aromatic N) is 2. The number of aliphatic hydroxyl groups is 1. The molecule has 1 atom stereocenters. The first kappa shape index (κ1) is 25.3. The van der Waals surface area contributed by atoms with E-state index in [4.69, 9.17) is 4.42 Å². The number of hydrogen-bond acceptors (Lipinski definition) is 8. The molecule has 0 saturated carbocycles. The molecule has 4 rings (SSSR count). The molecule has 11 nitrogen and oxygen atoms in total. The quantitative estimate of drug-likeness (QED) is 0.236. The number of hydrazine groups is 1. The van der Waals surface area contributed by atoms with Gasteiger partial charge in [0.1, 0.15) is 17.0 Å². The van der Waals surface area contributed by atoms with Gasteiger partial charge in [0, 0.05) is 17.6 Å². The number of aromatic nitrogens is 2. The molecule has 3 amide bonds. The van der Waals surface area contributed by atoms with E-state index in [1.54, 1.807) is 18.2 Å². The first-order chi connectivity index (χ1) is 17.8. The number of benzene rings is 1. The smallest absolute Gasteiger partial charge is 0.305 e. The zero-order chi connectivity index (χ0) is 26.5. The van der Waals surface area contributed by atoms with Gasteiger partial charge < -0.3 is 19.9 Å². The summed E-state index contributed by atoms with van der Waals surface area (Å²) in [5.74, 6) is -3.47.